The summed E-state index contributed by atoms with van der Waals surface area (Å²) in [6, 6.07) is 0. The summed E-state index contributed by atoms with van der Waals surface area (Å²) in [6.45, 7) is 3.86. The Morgan fingerprint density at radius 3 is 2.67 bits per heavy atom. The fourth-order valence-corrected chi connectivity index (χ4v) is 4.00. The number of nitrogens with one attached hydrogen (secondary N) is 1. The summed E-state index contributed by atoms with van der Waals surface area (Å²) < 4.78 is 0. The van der Waals surface area contributed by atoms with Crippen LogP contribution in [0, 0.1) is 11.3 Å². The molecule has 18 heavy (non-hydrogen) atoms. The highest BCUT2D eigenvalue weighted by Gasteiger charge is 2.47. The lowest BCUT2D eigenvalue weighted by Gasteiger charge is -2.32. The van der Waals surface area contributed by atoms with Gasteiger partial charge in [-0.1, -0.05) is 26.2 Å². The molecule has 1 unspecified atom stereocenters. The van der Waals surface area contributed by atoms with Gasteiger partial charge in [0.15, 0.2) is 0 Å². The first-order chi connectivity index (χ1) is 8.74. The second-order valence-corrected chi connectivity index (χ2v) is 6.64. The van der Waals surface area contributed by atoms with Gasteiger partial charge < -0.3 is 4.90 Å². The van der Waals surface area contributed by atoms with E-state index in [0.717, 1.165) is 6.54 Å². The van der Waals surface area contributed by atoms with Crippen molar-refractivity contribution in [1.29, 1.82) is 0 Å². The molecule has 1 saturated heterocycles. The first-order valence-corrected chi connectivity index (χ1v) is 7.77. The Morgan fingerprint density at radius 2 is 2.06 bits per heavy atom. The highest BCUT2D eigenvalue weighted by atomic mass is 16.2. The molecule has 3 fully saturated rings. The van der Waals surface area contributed by atoms with Crippen LogP contribution >= 0.6 is 0 Å². The predicted octanol–water partition coefficient (Wildman–Crippen LogP) is 2.51. The molecule has 1 heterocycles. The number of rotatable bonds is 5. The van der Waals surface area contributed by atoms with Gasteiger partial charge in [-0.2, -0.15) is 0 Å². The molecular weight excluding hydrogens is 224 g/mol. The minimum Gasteiger partial charge on any atom is -0.325 e. The highest BCUT2D eigenvalue weighted by Crippen LogP contribution is 2.51. The van der Waals surface area contributed by atoms with Gasteiger partial charge in [0, 0.05) is 6.54 Å². The van der Waals surface area contributed by atoms with Crippen LogP contribution in [0.4, 0.5) is 0 Å². The molecule has 0 spiro atoms. The van der Waals surface area contributed by atoms with Crippen molar-refractivity contribution in [3.8, 4) is 0 Å². The van der Waals surface area contributed by atoms with Gasteiger partial charge >= 0.3 is 0 Å². The maximum atomic E-state index is 12.1. The lowest BCUT2D eigenvalue weighted by molar-refractivity contribution is -0.129. The van der Waals surface area contributed by atoms with E-state index in [-0.39, 0.29) is 0 Å². The predicted molar refractivity (Wildman–Crippen MR) is 72.0 cm³/mol. The maximum absolute atomic E-state index is 12.1. The molecule has 102 valence electrons. The van der Waals surface area contributed by atoms with E-state index < -0.39 is 0 Å². The van der Waals surface area contributed by atoms with Crippen LogP contribution in [-0.4, -0.2) is 30.1 Å². The van der Waals surface area contributed by atoms with E-state index in [1.54, 1.807) is 0 Å². The van der Waals surface area contributed by atoms with E-state index in [1.165, 1.54) is 51.4 Å². The molecule has 0 radical (unpaired) electrons. The monoisotopic (exact) mass is 250 g/mol. The molecule has 0 aromatic carbocycles. The molecule has 1 amide bonds. The van der Waals surface area contributed by atoms with E-state index in [1.807, 2.05) is 0 Å². The molecular formula is C15H26N2O. The largest absolute Gasteiger partial charge is 0.325 e. The minimum atomic E-state index is 0.342. The van der Waals surface area contributed by atoms with Crippen molar-refractivity contribution in [3.63, 3.8) is 0 Å². The van der Waals surface area contributed by atoms with E-state index in [4.69, 9.17) is 0 Å². The van der Waals surface area contributed by atoms with E-state index in [0.29, 0.717) is 30.0 Å². The molecule has 3 aliphatic rings. The second-order valence-electron chi connectivity index (χ2n) is 6.64. The molecule has 1 N–H and O–H groups in total. The lowest BCUT2D eigenvalue weighted by atomic mass is 9.98. The second kappa shape index (κ2) is 4.84. The SMILES string of the molecule is CCCC1(CN2C(=O)CNC2C2CCCC2)CC1. The van der Waals surface area contributed by atoms with Crippen molar-refractivity contribution in [1.82, 2.24) is 10.2 Å². The molecule has 0 aromatic rings. The number of nitrogens with zero attached hydrogens (tertiary/aromatic N) is 1. The molecule has 3 heteroatoms. The third-order valence-electron chi connectivity index (χ3n) is 5.21. The van der Waals surface area contributed by atoms with Gasteiger partial charge in [-0.3, -0.25) is 10.1 Å². The highest BCUT2D eigenvalue weighted by molar-refractivity contribution is 5.80. The summed E-state index contributed by atoms with van der Waals surface area (Å²) in [7, 11) is 0. The zero-order valence-electron chi connectivity index (χ0n) is 11.6. The third-order valence-corrected chi connectivity index (χ3v) is 5.21. The van der Waals surface area contributed by atoms with Crippen LogP contribution in [0.2, 0.25) is 0 Å². The molecule has 0 aromatic heterocycles. The zero-order chi connectivity index (χ0) is 12.6. The van der Waals surface area contributed by atoms with Crippen LogP contribution in [0.1, 0.15) is 58.3 Å². The summed E-state index contributed by atoms with van der Waals surface area (Å²) in [5, 5.41) is 3.47. The Morgan fingerprint density at radius 1 is 1.33 bits per heavy atom. The third kappa shape index (κ3) is 2.29. The average Bonchev–Trinajstić information content (AvgIpc) is 2.77. The fourth-order valence-electron chi connectivity index (χ4n) is 4.00. The van der Waals surface area contributed by atoms with Crippen LogP contribution in [0.5, 0.6) is 0 Å². The molecule has 0 bridgehead atoms. The summed E-state index contributed by atoms with van der Waals surface area (Å²) in [5.41, 5.74) is 0.493. The Labute approximate surface area is 110 Å². The van der Waals surface area contributed by atoms with Crippen molar-refractivity contribution in [2.75, 3.05) is 13.1 Å². The van der Waals surface area contributed by atoms with Crippen molar-refractivity contribution in [2.24, 2.45) is 11.3 Å². The molecule has 1 aliphatic heterocycles. The molecule has 2 saturated carbocycles. The normalized spacial score (nSPS) is 31.3. The molecule has 3 rings (SSSR count). The van der Waals surface area contributed by atoms with Crippen LogP contribution in [0.25, 0.3) is 0 Å². The summed E-state index contributed by atoms with van der Waals surface area (Å²) in [6.07, 6.45) is 10.9. The number of hydrogen-bond donors (Lipinski definition) is 1. The van der Waals surface area contributed by atoms with Crippen LogP contribution in [0.3, 0.4) is 0 Å². The van der Waals surface area contributed by atoms with Gasteiger partial charge in [0.25, 0.3) is 0 Å². The van der Waals surface area contributed by atoms with Gasteiger partial charge in [-0.25, -0.2) is 0 Å². The fraction of sp³-hybridized carbons (Fsp3) is 0.933. The van der Waals surface area contributed by atoms with Gasteiger partial charge in [0.2, 0.25) is 5.91 Å². The van der Waals surface area contributed by atoms with Crippen molar-refractivity contribution < 1.29 is 4.79 Å². The number of carbonyl (C=O) groups excluding carboxylic acids is 1. The van der Waals surface area contributed by atoms with Crippen molar-refractivity contribution >= 4 is 5.91 Å². The Balaban J connectivity index is 1.66. The molecule has 3 nitrogen and oxygen atoms in total. The van der Waals surface area contributed by atoms with Crippen molar-refractivity contribution in [2.45, 2.75) is 64.5 Å². The average molecular weight is 250 g/mol. The Kier molecular flexibility index (Phi) is 3.35. The topological polar surface area (TPSA) is 32.3 Å². The van der Waals surface area contributed by atoms with E-state index in [2.05, 4.69) is 17.1 Å². The zero-order valence-corrected chi connectivity index (χ0v) is 11.6. The first-order valence-electron chi connectivity index (χ1n) is 7.77. The van der Waals surface area contributed by atoms with E-state index in [9.17, 15) is 4.79 Å². The maximum Gasteiger partial charge on any atom is 0.237 e. The Bertz CT molecular complexity index is 318. The number of carbonyl (C=O) groups is 1. The van der Waals surface area contributed by atoms with Crippen molar-refractivity contribution in [3.05, 3.63) is 0 Å². The van der Waals surface area contributed by atoms with Gasteiger partial charge in [-0.15, -0.1) is 0 Å². The number of hydrogen-bond acceptors (Lipinski definition) is 2. The van der Waals surface area contributed by atoms with E-state index >= 15 is 0 Å². The summed E-state index contributed by atoms with van der Waals surface area (Å²) >= 11 is 0. The Hall–Kier alpha value is -0.570. The van der Waals surface area contributed by atoms with Gasteiger partial charge in [-0.05, 0) is 43.4 Å². The summed E-state index contributed by atoms with van der Waals surface area (Å²) in [4.78, 5) is 14.3. The van der Waals surface area contributed by atoms with Crippen LogP contribution in [-0.2, 0) is 4.79 Å². The van der Waals surface area contributed by atoms with Crippen LogP contribution in [0.15, 0.2) is 0 Å². The van der Waals surface area contributed by atoms with Gasteiger partial charge in [0.05, 0.1) is 12.7 Å². The van der Waals surface area contributed by atoms with Gasteiger partial charge in [0.1, 0.15) is 0 Å². The minimum absolute atomic E-state index is 0.342. The standard InChI is InChI=1S/C15H26N2O/c1-2-7-15(8-9-15)11-17-13(18)10-16-14(17)12-5-3-4-6-12/h12,14,16H,2-11H2,1H3. The van der Waals surface area contributed by atoms with Crippen LogP contribution < -0.4 is 5.32 Å². The summed E-state index contributed by atoms with van der Waals surface area (Å²) in [5.74, 6) is 1.06. The molecule has 2 aliphatic carbocycles. The first kappa shape index (κ1) is 12.5. The quantitative estimate of drug-likeness (QED) is 0.813. The number of amides is 1. The molecule has 1 atom stereocenters. The lowest BCUT2D eigenvalue weighted by Crippen LogP contribution is -2.45. The smallest absolute Gasteiger partial charge is 0.237 e.